The van der Waals surface area contributed by atoms with Crippen LogP contribution in [0.4, 0.5) is 0 Å². The van der Waals surface area contributed by atoms with Gasteiger partial charge in [0.05, 0.1) is 25.1 Å². The van der Waals surface area contributed by atoms with E-state index in [1.807, 2.05) is 0 Å². The molecule has 2 rings (SSSR count). The van der Waals surface area contributed by atoms with Crippen LogP contribution in [0.15, 0.2) is 25.0 Å². The van der Waals surface area contributed by atoms with E-state index in [0.29, 0.717) is 30.8 Å². The Kier molecular flexibility index (Phi) is 11.9. The van der Waals surface area contributed by atoms with Crippen LogP contribution < -0.4 is 33.2 Å². The summed E-state index contributed by atoms with van der Waals surface area (Å²) >= 11 is 0. The molecule has 0 saturated carbocycles. The van der Waals surface area contributed by atoms with Gasteiger partial charge in [-0.1, -0.05) is 0 Å². The van der Waals surface area contributed by atoms with E-state index in [2.05, 4.69) is 35.9 Å². The maximum atomic E-state index is 13.1. The van der Waals surface area contributed by atoms with Crippen LogP contribution in [0.5, 0.6) is 0 Å². The van der Waals surface area contributed by atoms with Crippen molar-refractivity contribution in [3.8, 4) is 0 Å². The van der Waals surface area contributed by atoms with Crippen molar-refractivity contribution in [1.29, 1.82) is 0 Å². The minimum Gasteiger partial charge on any atom is -0.480 e. The molecule has 4 unspecified atom stereocenters. The number of imidazole rings is 2. The van der Waals surface area contributed by atoms with Gasteiger partial charge in [0.2, 0.25) is 23.6 Å². The lowest BCUT2D eigenvalue weighted by Crippen LogP contribution is -2.58. The Morgan fingerprint density at radius 3 is 1.92 bits per heavy atom. The van der Waals surface area contributed by atoms with Crippen LogP contribution in [-0.4, -0.2) is 85.4 Å². The summed E-state index contributed by atoms with van der Waals surface area (Å²) in [7, 11) is 0. The average molecular weight is 535 g/mol. The predicted octanol–water partition coefficient (Wildman–Crippen LogP) is -3.21. The van der Waals surface area contributed by atoms with Gasteiger partial charge in [-0.15, -0.1) is 0 Å². The molecule has 208 valence electrons. The van der Waals surface area contributed by atoms with Gasteiger partial charge >= 0.3 is 5.97 Å². The van der Waals surface area contributed by atoms with Crippen molar-refractivity contribution in [2.24, 2.45) is 17.2 Å². The van der Waals surface area contributed by atoms with E-state index < -0.39 is 60.2 Å². The smallest absolute Gasteiger partial charge is 0.326 e. The number of rotatable bonds is 17. The number of carboxylic acid groups (broad SMARTS) is 1. The Balaban J connectivity index is 2.11. The Hall–Kier alpha value is -4.31. The fourth-order valence-corrected chi connectivity index (χ4v) is 3.54. The van der Waals surface area contributed by atoms with Crippen LogP contribution in [0.3, 0.4) is 0 Å². The van der Waals surface area contributed by atoms with E-state index in [9.17, 15) is 29.1 Å². The number of aromatic amines is 2. The number of carbonyl (C=O) groups is 5. The van der Waals surface area contributed by atoms with Crippen molar-refractivity contribution in [2.45, 2.75) is 62.7 Å². The first kappa shape index (κ1) is 29.9. The van der Waals surface area contributed by atoms with E-state index in [-0.39, 0.29) is 19.3 Å². The number of primary amides is 1. The summed E-state index contributed by atoms with van der Waals surface area (Å²) < 4.78 is 0. The number of unbranched alkanes of at least 4 members (excludes halogenated alkanes) is 1. The molecule has 16 heteroatoms. The number of nitrogens with two attached hydrogens (primary N) is 3. The summed E-state index contributed by atoms with van der Waals surface area (Å²) in [6.07, 6.45) is 6.35. The van der Waals surface area contributed by atoms with Gasteiger partial charge < -0.3 is 48.2 Å². The standard InChI is InChI=1S/C22H34N10O6/c23-4-2-1-3-15(30-19(34)14(24)5-12-8-26-10-28-12)20(35)31-16(7-18(25)33)21(36)32-17(22(37)38)6-13-9-27-11-29-13/h8-11,14-17H,1-7,23-24H2,(H2,25,33)(H,26,28)(H,27,29)(H,30,34)(H,31,35)(H,32,36)(H,37,38). The molecule has 0 aromatic carbocycles. The summed E-state index contributed by atoms with van der Waals surface area (Å²) in [6.45, 7) is 0.362. The summed E-state index contributed by atoms with van der Waals surface area (Å²) in [5.41, 5.74) is 17.8. The molecule has 2 aromatic rings. The molecular weight excluding hydrogens is 500 g/mol. The quantitative estimate of drug-likeness (QED) is 0.0915. The number of H-pyrrole nitrogens is 2. The van der Waals surface area contributed by atoms with E-state index in [1.54, 1.807) is 0 Å². The van der Waals surface area contributed by atoms with Gasteiger partial charge in [-0.2, -0.15) is 0 Å². The molecule has 0 radical (unpaired) electrons. The highest BCUT2D eigenvalue weighted by atomic mass is 16.4. The first-order valence-corrected chi connectivity index (χ1v) is 11.9. The molecule has 0 aliphatic heterocycles. The lowest BCUT2D eigenvalue weighted by atomic mass is 10.1. The second-order valence-corrected chi connectivity index (χ2v) is 8.65. The first-order valence-electron chi connectivity index (χ1n) is 11.9. The Morgan fingerprint density at radius 1 is 0.842 bits per heavy atom. The highest BCUT2D eigenvalue weighted by Gasteiger charge is 2.31. The number of carbonyl (C=O) groups excluding carboxylic acids is 4. The summed E-state index contributed by atoms with van der Waals surface area (Å²) in [5.74, 6) is -4.57. The van der Waals surface area contributed by atoms with Gasteiger partial charge in [0.1, 0.15) is 18.1 Å². The zero-order valence-electron chi connectivity index (χ0n) is 20.7. The largest absolute Gasteiger partial charge is 0.480 e. The normalized spacial score (nSPS) is 14.1. The Morgan fingerprint density at radius 2 is 1.39 bits per heavy atom. The lowest BCUT2D eigenvalue weighted by Gasteiger charge is -2.24. The number of carboxylic acids is 1. The molecule has 0 fully saturated rings. The fourth-order valence-electron chi connectivity index (χ4n) is 3.54. The van der Waals surface area contributed by atoms with Crippen molar-refractivity contribution in [1.82, 2.24) is 35.9 Å². The third-order valence-electron chi connectivity index (χ3n) is 5.54. The van der Waals surface area contributed by atoms with Crippen LogP contribution in [-0.2, 0) is 36.8 Å². The molecule has 4 amide bonds. The van der Waals surface area contributed by atoms with Gasteiger partial charge in [-0.3, -0.25) is 19.2 Å². The van der Waals surface area contributed by atoms with Crippen LogP contribution >= 0.6 is 0 Å². The topological polar surface area (TPSA) is 277 Å². The van der Waals surface area contributed by atoms with E-state index >= 15 is 0 Å². The van der Waals surface area contributed by atoms with Crippen molar-refractivity contribution in [3.63, 3.8) is 0 Å². The number of nitrogens with one attached hydrogen (secondary N) is 5. The zero-order valence-corrected chi connectivity index (χ0v) is 20.7. The van der Waals surface area contributed by atoms with Crippen molar-refractivity contribution in [2.75, 3.05) is 6.54 Å². The van der Waals surface area contributed by atoms with E-state index in [0.717, 1.165) is 0 Å². The Labute approximate surface area is 217 Å². The third kappa shape index (κ3) is 9.98. The van der Waals surface area contributed by atoms with Gasteiger partial charge in [0.15, 0.2) is 0 Å². The first-order chi connectivity index (χ1) is 18.1. The molecule has 2 aromatic heterocycles. The number of hydrogen-bond acceptors (Lipinski definition) is 9. The molecule has 0 bridgehead atoms. The summed E-state index contributed by atoms with van der Waals surface area (Å²) in [5, 5.41) is 16.8. The third-order valence-corrected chi connectivity index (χ3v) is 5.54. The second kappa shape index (κ2) is 15.1. The number of aliphatic carboxylic acids is 1. The molecular formula is C22H34N10O6. The molecule has 12 N–H and O–H groups in total. The number of amides is 4. The van der Waals surface area contributed by atoms with Crippen LogP contribution in [0, 0.1) is 0 Å². The van der Waals surface area contributed by atoms with E-state index in [1.165, 1.54) is 25.0 Å². The van der Waals surface area contributed by atoms with Crippen molar-refractivity contribution < 1.29 is 29.1 Å². The van der Waals surface area contributed by atoms with Crippen LogP contribution in [0.25, 0.3) is 0 Å². The molecule has 0 saturated heterocycles. The van der Waals surface area contributed by atoms with Crippen molar-refractivity contribution in [3.05, 3.63) is 36.4 Å². The highest BCUT2D eigenvalue weighted by molar-refractivity contribution is 5.96. The van der Waals surface area contributed by atoms with Crippen LogP contribution in [0.2, 0.25) is 0 Å². The van der Waals surface area contributed by atoms with Crippen LogP contribution in [0.1, 0.15) is 37.1 Å². The van der Waals surface area contributed by atoms with Crippen molar-refractivity contribution >= 4 is 29.6 Å². The minimum absolute atomic E-state index is 0.121. The molecule has 0 aliphatic rings. The molecule has 16 nitrogen and oxygen atoms in total. The minimum atomic E-state index is -1.49. The van der Waals surface area contributed by atoms with Gasteiger partial charge in [0, 0.05) is 36.6 Å². The molecule has 0 spiro atoms. The second-order valence-electron chi connectivity index (χ2n) is 8.65. The summed E-state index contributed by atoms with van der Waals surface area (Å²) in [6, 6.07) is -4.97. The highest BCUT2D eigenvalue weighted by Crippen LogP contribution is 2.06. The fraction of sp³-hybridized carbons (Fsp3) is 0.500. The number of nitrogens with zero attached hydrogens (tertiary/aromatic N) is 2. The Bertz CT molecular complexity index is 1060. The van der Waals surface area contributed by atoms with Gasteiger partial charge in [-0.05, 0) is 25.8 Å². The molecule has 38 heavy (non-hydrogen) atoms. The lowest BCUT2D eigenvalue weighted by molar-refractivity contribution is -0.142. The van der Waals surface area contributed by atoms with Gasteiger partial charge in [0.25, 0.3) is 0 Å². The monoisotopic (exact) mass is 534 g/mol. The summed E-state index contributed by atoms with van der Waals surface area (Å²) in [4.78, 5) is 75.2. The SMILES string of the molecule is NCCCCC(NC(=O)C(N)Cc1cnc[nH]1)C(=O)NC(CC(N)=O)C(=O)NC(Cc1cnc[nH]1)C(=O)O. The molecule has 2 heterocycles. The number of hydrogen-bond donors (Lipinski definition) is 9. The molecule has 4 atom stereocenters. The average Bonchev–Trinajstić information content (AvgIpc) is 3.56. The maximum absolute atomic E-state index is 13.1. The molecule has 0 aliphatic carbocycles. The zero-order chi connectivity index (χ0) is 28.1. The predicted molar refractivity (Wildman–Crippen MR) is 133 cm³/mol. The van der Waals surface area contributed by atoms with E-state index in [4.69, 9.17) is 17.2 Å². The number of aromatic nitrogens is 4. The van der Waals surface area contributed by atoms with Gasteiger partial charge in [-0.25, -0.2) is 14.8 Å². The maximum Gasteiger partial charge on any atom is 0.326 e.